The van der Waals surface area contributed by atoms with Crippen LogP contribution in [-0.4, -0.2) is 39.2 Å². The lowest BCUT2D eigenvalue weighted by molar-refractivity contribution is 0.445. The molecule has 160 valence electrons. The lowest BCUT2D eigenvalue weighted by Gasteiger charge is -2.20. The number of anilines is 1. The van der Waals surface area contributed by atoms with Crippen LogP contribution < -0.4 is 4.72 Å². The molecule has 3 rings (SSSR count). The van der Waals surface area contributed by atoms with Gasteiger partial charge in [-0.3, -0.25) is 9.71 Å². The Kier molecular flexibility index (Phi) is 6.16. The first-order chi connectivity index (χ1) is 14.1. The first-order valence-corrected chi connectivity index (χ1v) is 12.5. The maximum Gasteiger partial charge on any atom is 0.264 e. The van der Waals surface area contributed by atoms with E-state index in [2.05, 4.69) is 9.71 Å². The van der Waals surface area contributed by atoms with Crippen LogP contribution >= 0.6 is 0 Å². The van der Waals surface area contributed by atoms with E-state index in [0.29, 0.717) is 29.6 Å². The van der Waals surface area contributed by atoms with E-state index in [9.17, 15) is 16.8 Å². The number of rotatable bonds is 7. The Bertz CT molecular complexity index is 1300. The number of nitrogens with zero attached hydrogens (tertiary/aromatic N) is 2. The zero-order chi connectivity index (χ0) is 22.1. The molecule has 7 nitrogen and oxygen atoms in total. The van der Waals surface area contributed by atoms with Crippen LogP contribution in [0.25, 0.3) is 10.9 Å². The molecule has 2 aromatic carbocycles. The molecule has 0 bridgehead atoms. The van der Waals surface area contributed by atoms with Crippen LogP contribution in [0.2, 0.25) is 0 Å². The van der Waals surface area contributed by atoms with E-state index >= 15 is 0 Å². The Labute approximate surface area is 177 Å². The van der Waals surface area contributed by atoms with Crippen molar-refractivity contribution in [2.45, 2.75) is 37.5 Å². The molecule has 9 heteroatoms. The molecule has 0 aliphatic rings. The standard InChI is InChI=1S/C21H25N3O4S2/c1-5-24(6-2)30(27,28)20-13-18(11-10-16(20)4)23-29(25,26)19-9-7-8-17-12-15(3)14-22-21(17)19/h7-14,23H,5-6H2,1-4H3. The van der Waals surface area contributed by atoms with E-state index in [4.69, 9.17) is 0 Å². The molecule has 1 aromatic heterocycles. The van der Waals surface area contributed by atoms with Crippen LogP contribution in [0.4, 0.5) is 5.69 Å². The molecular formula is C21H25N3O4S2. The maximum absolute atomic E-state index is 13.1. The summed E-state index contributed by atoms with van der Waals surface area (Å²) in [5, 5.41) is 0.714. The highest BCUT2D eigenvalue weighted by atomic mass is 32.2. The molecule has 30 heavy (non-hydrogen) atoms. The minimum atomic E-state index is -3.98. The molecule has 0 saturated carbocycles. The molecule has 0 spiro atoms. The summed E-state index contributed by atoms with van der Waals surface area (Å²) in [6.45, 7) is 7.75. The second-order valence-electron chi connectivity index (χ2n) is 7.02. The summed E-state index contributed by atoms with van der Waals surface area (Å²) in [7, 11) is -7.71. The smallest absolute Gasteiger partial charge is 0.264 e. The van der Waals surface area contributed by atoms with E-state index in [0.717, 1.165) is 5.56 Å². The van der Waals surface area contributed by atoms with Gasteiger partial charge < -0.3 is 0 Å². The van der Waals surface area contributed by atoms with E-state index in [-0.39, 0.29) is 15.5 Å². The summed E-state index contributed by atoms with van der Waals surface area (Å²) in [4.78, 5) is 4.40. The molecule has 0 fully saturated rings. The van der Waals surface area contributed by atoms with Gasteiger partial charge in [0.05, 0.1) is 16.1 Å². The van der Waals surface area contributed by atoms with Crippen molar-refractivity contribution in [2.24, 2.45) is 0 Å². The van der Waals surface area contributed by atoms with E-state index in [1.54, 1.807) is 51.2 Å². The number of sulfonamides is 2. The number of hydrogen-bond donors (Lipinski definition) is 1. The molecule has 1 N–H and O–H groups in total. The lowest BCUT2D eigenvalue weighted by Crippen LogP contribution is -2.31. The molecule has 0 saturated heterocycles. The first-order valence-electron chi connectivity index (χ1n) is 9.59. The fourth-order valence-corrected chi connectivity index (χ4v) is 6.25. The normalized spacial score (nSPS) is 12.4. The van der Waals surface area contributed by atoms with Gasteiger partial charge in [0.1, 0.15) is 4.90 Å². The van der Waals surface area contributed by atoms with Gasteiger partial charge in [0.2, 0.25) is 10.0 Å². The number of para-hydroxylation sites is 1. The monoisotopic (exact) mass is 447 g/mol. The van der Waals surface area contributed by atoms with Gasteiger partial charge in [-0.15, -0.1) is 0 Å². The van der Waals surface area contributed by atoms with Gasteiger partial charge in [-0.25, -0.2) is 16.8 Å². The Balaban J connectivity index is 2.05. The van der Waals surface area contributed by atoms with Gasteiger partial charge in [0, 0.05) is 24.7 Å². The van der Waals surface area contributed by atoms with Crippen molar-refractivity contribution in [1.82, 2.24) is 9.29 Å². The van der Waals surface area contributed by atoms with E-state index < -0.39 is 20.0 Å². The topological polar surface area (TPSA) is 96.4 Å². The van der Waals surface area contributed by atoms with Crippen LogP contribution in [0.5, 0.6) is 0 Å². The summed E-state index contributed by atoms with van der Waals surface area (Å²) in [6, 6.07) is 11.3. The number of aryl methyl sites for hydroxylation is 2. The van der Waals surface area contributed by atoms with Crippen molar-refractivity contribution in [2.75, 3.05) is 17.8 Å². The number of fused-ring (bicyclic) bond motifs is 1. The highest BCUT2D eigenvalue weighted by Crippen LogP contribution is 2.27. The molecule has 0 atom stereocenters. The fourth-order valence-electron chi connectivity index (χ4n) is 3.31. The summed E-state index contributed by atoms with van der Waals surface area (Å²) < 4.78 is 55.9. The average Bonchev–Trinajstić information content (AvgIpc) is 2.69. The van der Waals surface area contributed by atoms with Crippen LogP contribution in [0.15, 0.2) is 58.5 Å². The SMILES string of the molecule is CCN(CC)S(=O)(=O)c1cc(NS(=O)(=O)c2cccc3cc(C)cnc23)ccc1C. The van der Waals surface area contributed by atoms with Crippen LogP contribution in [0.1, 0.15) is 25.0 Å². The molecule has 0 aliphatic carbocycles. The Morgan fingerprint density at radius 1 is 0.933 bits per heavy atom. The van der Waals surface area contributed by atoms with E-state index in [1.165, 1.54) is 16.4 Å². The number of nitrogens with one attached hydrogen (secondary N) is 1. The zero-order valence-electron chi connectivity index (χ0n) is 17.4. The van der Waals surface area contributed by atoms with Crippen LogP contribution in [-0.2, 0) is 20.0 Å². The summed E-state index contributed by atoms with van der Waals surface area (Å²) in [5.41, 5.74) is 2.01. The maximum atomic E-state index is 13.1. The third kappa shape index (κ3) is 4.19. The second kappa shape index (κ2) is 8.33. The van der Waals surface area contributed by atoms with Gasteiger partial charge in [-0.05, 0) is 49.2 Å². The van der Waals surface area contributed by atoms with Gasteiger partial charge in [-0.1, -0.05) is 32.0 Å². The lowest BCUT2D eigenvalue weighted by atomic mass is 10.2. The second-order valence-corrected chi connectivity index (χ2v) is 10.6. The van der Waals surface area contributed by atoms with Gasteiger partial charge in [0.25, 0.3) is 10.0 Å². The molecule has 0 amide bonds. The van der Waals surface area contributed by atoms with Crippen molar-refractivity contribution in [3.8, 4) is 0 Å². The molecule has 0 unspecified atom stereocenters. The molecule has 3 aromatic rings. The highest BCUT2D eigenvalue weighted by molar-refractivity contribution is 7.93. The zero-order valence-corrected chi connectivity index (χ0v) is 19.0. The predicted molar refractivity (Wildman–Crippen MR) is 119 cm³/mol. The van der Waals surface area contributed by atoms with Gasteiger partial charge in [0.15, 0.2) is 0 Å². The van der Waals surface area contributed by atoms with Crippen molar-refractivity contribution in [3.05, 3.63) is 59.8 Å². The third-order valence-electron chi connectivity index (χ3n) is 4.86. The molecule has 0 aliphatic heterocycles. The van der Waals surface area contributed by atoms with Crippen LogP contribution in [0, 0.1) is 13.8 Å². The van der Waals surface area contributed by atoms with Gasteiger partial charge >= 0.3 is 0 Å². The first kappa shape index (κ1) is 22.2. The Hall–Kier alpha value is -2.49. The largest absolute Gasteiger partial charge is 0.280 e. The Morgan fingerprint density at radius 3 is 2.30 bits per heavy atom. The minimum absolute atomic E-state index is 0.0359. The van der Waals surface area contributed by atoms with Crippen molar-refractivity contribution >= 4 is 36.6 Å². The minimum Gasteiger partial charge on any atom is -0.280 e. The summed E-state index contributed by atoms with van der Waals surface area (Å²) in [5.74, 6) is 0. The van der Waals surface area contributed by atoms with Gasteiger partial charge in [-0.2, -0.15) is 4.31 Å². The van der Waals surface area contributed by atoms with E-state index in [1.807, 2.05) is 13.0 Å². The number of benzene rings is 2. The summed E-state index contributed by atoms with van der Waals surface area (Å²) >= 11 is 0. The Morgan fingerprint density at radius 2 is 1.63 bits per heavy atom. The third-order valence-corrected chi connectivity index (χ3v) is 8.47. The molecular weight excluding hydrogens is 422 g/mol. The van der Waals surface area contributed by atoms with Crippen molar-refractivity contribution in [1.29, 1.82) is 0 Å². The average molecular weight is 448 g/mol. The van der Waals surface area contributed by atoms with Crippen molar-refractivity contribution < 1.29 is 16.8 Å². The highest BCUT2D eigenvalue weighted by Gasteiger charge is 2.25. The molecule has 0 radical (unpaired) electrons. The molecule has 1 heterocycles. The van der Waals surface area contributed by atoms with Crippen LogP contribution in [0.3, 0.4) is 0 Å². The number of pyridine rings is 1. The summed E-state index contributed by atoms with van der Waals surface area (Å²) in [6.07, 6.45) is 1.61. The quantitative estimate of drug-likeness (QED) is 0.596. The fraction of sp³-hybridized carbons (Fsp3) is 0.286. The van der Waals surface area contributed by atoms with Crippen molar-refractivity contribution in [3.63, 3.8) is 0 Å². The number of aromatic nitrogens is 1. The number of hydrogen-bond acceptors (Lipinski definition) is 5. The predicted octanol–water partition coefficient (Wildman–Crippen LogP) is 3.68.